The molecule has 7 heteroatoms. The molecule has 0 spiro atoms. The maximum atomic E-state index is 12.8. The van der Waals surface area contributed by atoms with Crippen LogP contribution in [0.25, 0.3) is 0 Å². The lowest BCUT2D eigenvalue weighted by Gasteiger charge is -2.39. The predicted molar refractivity (Wildman–Crippen MR) is 108 cm³/mol. The molecule has 2 aliphatic rings. The molecule has 1 aliphatic carbocycles. The normalized spacial score (nSPS) is 24.8. The highest BCUT2D eigenvalue weighted by molar-refractivity contribution is 5.93. The van der Waals surface area contributed by atoms with Crippen LogP contribution in [-0.4, -0.2) is 57.3 Å². The number of methoxy groups -OCH3 is 3. The molecule has 1 aromatic carbocycles. The third kappa shape index (κ3) is 4.28. The highest BCUT2D eigenvalue weighted by Gasteiger charge is 2.50. The van der Waals surface area contributed by atoms with Crippen LogP contribution in [0.15, 0.2) is 12.1 Å². The largest absolute Gasteiger partial charge is 0.493 e. The lowest BCUT2D eigenvalue weighted by molar-refractivity contribution is -0.135. The van der Waals surface area contributed by atoms with Crippen molar-refractivity contribution in [3.05, 3.63) is 17.7 Å². The Morgan fingerprint density at radius 1 is 1.03 bits per heavy atom. The molecular formula is C22H31NO6. The highest BCUT2D eigenvalue weighted by Crippen LogP contribution is 2.52. The highest BCUT2D eigenvalue weighted by atomic mass is 16.5. The van der Waals surface area contributed by atoms with Crippen LogP contribution in [-0.2, 0) is 9.53 Å². The van der Waals surface area contributed by atoms with Crippen LogP contribution >= 0.6 is 0 Å². The van der Waals surface area contributed by atoms with Gasteiger partial charge in [0.1, 0.15) is 0 Å². The molecule has 0 radical (unpaired) electrons. The van der Waals surface area contributed by atoms with Crippen molar-refractivity contribution in [3.63, 3.8) is 0 Å². The molecule has 1 aliphatic heterocycles. The van der Waals surface area contributed by atoms with Crippen molar-refractivity contribution >= 4 is 11.9 Å². The van der Waals surface area contributed by atoms with Crippen LogP contribution < -0.4 is 14.2 Å². The number of nitrogens with zero attached hydrogens (tertiary/aromatic N) is 1. The number of ether oxygens (including phenoxy) is 4. The Morgan fingerprint density at radius 3 is 2.21 bits per heavy atom. The predicted octanol–water partition coefficient (Wildman–Crippen LogP) is 3.30. The van der Waals surface area contributed by atoms with E-state index < -0.39 is 5.97 Å². The molecule has 2 fully saturated rings. The monoisotopic (exact) mass is 405 g/mol. The van der Waals surface area contributed by atoms with E-state index >= 15 is 0 Å². The molecular weight excluding hydrogens is 374 g/mol. The summed E-state index contributed by atoms with van der Waals surface area (Å²) >= 11 is 0. The third-order valence-electron chi connectivity index (χ3n) is 5.96. The Morgan fingerprint density at radius 2 is 1.66 bits per heavy atom. The summed E-state index contributed by atoms with van der Waals surface area (Å²) < 4.78 is 21.1. The van der Waals surface area contributed by atoms with E-state index in [1.54, 1.807) is 0 Å². The summed E-state index contributed by atoms with van der Waals surface area (Å²) in [7, 11) is 4.44. The summed E-state index contributed by atoms with van der Waals surface area (Å²) in [6, 6.07) is 3.25. The van der Waals surface area contributed by atoms with Crippen molar-refractivity contribution < 1.29 is 28.5 Å². The van der Waals surface area contributed by atoms with Gasteiger partial charge in [-0.15, -0.1) is 0 Å². The fourth-order valence-electron chi connectivity index (χ4n) is 5.24. The number of hydrogen-bond donors (Lipinski definition) is 0. The minimum Gasteiger partial charge on any atom is -0.493 e. The summed E-state index contributed by atoms with van der Waals surface area (Å²) in [6.45, 7) is 7.21. The molecule has 2 unspecified atom stereocenters. The van der Waals surface area contributed by atoms with Crippen LogP contribution in [0.5, 0.6) is 17.2 Å². The maximum absolute atomic E-state index is 12.8. The van der Waals surface area contributed by atoms with E-state index in [9.17, 15) is 9.59 Å². The van der Waals surface area contributed by atoms with E-state index in [1.165, 1.54) is 33.5 Å². The number of benzene rings is 1. The molecule has 0 aromatic heterocycles. The fraction of sp³-hybridized carbons (Fsp3) is 0.636. The van der Waals surface area contributed by atoms with Crippen LogP contribution in [0.2, 0.25) is 0 Å². The number of amides is 1. The zero-order chi connectivity index (χ0) is 21.4. The first-order chi connectivity index (χ1) is 13.6. The van der Waals surface area contributed by atoms with Crippen LogP contribution in [0.4, 0.5) is 0 Å². The average Bonchev–Trinajstić information content (AvgIpc) is 2.93. The Labute approximate surface area is 172 Å². The molecule has 1 saturated carbocycles. The second-order valence-electron chi connectivity index (χ2n) is 9.23. The Balaban J connectivity index is 1.68. The van der Waals surface area contributed by atoms with Gasteiger partial charge in [0.25, 0.3) is 5.91 Å². The van der Waals surface area contributed by atoms with Crippen molar-refractivity contribution in [2.24, 2.45) is 10.8 Å². The first kappa shape index (κ1) is 21.3. The molecule has 2 atom stereocenters. The second-order valence-corrected chi connectivity index (χ2v) is 9.23. The smallest absolute Gasteiger partial charge is 0.338 e. The molecule has 29 heavy (non-hydrogen) atoms. The van der Waals surface area contributed by atoms with Gasteiger partial charge in [-0.05, 0) is 42.2 Å². The quantitative estimate of drug-likeness (QED) is 0.676. The van der Waals surface area contributed by atoms with E-state index in [2.05, 4.69) is 20.8 Å². The molecule has 1 saturated heterocycles. The van der Waals surface area contributed by atoms with Gasteiger partial charge in [0.05, 0.1) is 26.9 Å². The van der Waals surface area contributed by atoms with Gasteiger partial charge in [0.2, 0.25) is 5.75 Å². The van der Waals surface area contributed by atoms with Gasteiger partial charge in [-0.3, -0.25) is 4.79 Å². The molecule has 1 amide bonds. The van der Waals surface area contributed by atoms with Gasteiger partial charge >= 0.3 is 5.97 Å². The molecule has 2 bridgehead atoms. The minimum atomic E-state index is -0.605. The summed E-state index contributed by atoms with van der Waals surface area (Å²) in [6.07, 6.45) is 3.10. The number of carbonyl (C=O) groups excluding carboxylic acids is 2. The lowest BCUT2D eigenvalue weighted by atomic mass is 9.65. The number of carbonyl (C=O) groups is 2. The first-order valence-corrected chi connectivity index (χ1v) is 9.88. The molecule has 7 nitrogen and oxygen atoms in total. The second kappa shape index (κ2) is 7.76. The van der Waals surface area contributed by atoms with Crippen LogP contribution in [0.3, 0.4) is 0 Å². The van der Waals surface area contributed by atoms with Crippen LogP contribution in [0, 0.1) is 10.8 Å². The number of fused-ring (bicyclic) bond motifs is 2. The standard InChI is InChI=1S/C22H31NO6/c1-21(2)9-15-10-22(3,12-21)13-23(15)18(24)11-29-20(25)14-7-16(26-4)19(28-6)17(8-14)27-5/h7-8,15H,9-13H2,1-6H3. The van der Waals surface area contributed by atoms with Crippen molar-refractivity contribution in [3.8, 4) is 17.2 Å². The zero-order valence-corrected chi connectivity index (χ0v) is 18.2. The minimum absolute atomic E-state index is 0.141. The van der Waals surface area contributed by atoms with E-state index in [0.717, 1.165) is 25.8 Å². The van der Waals surface area contributed by atoms with Crippen molar-refractivity contribution in [1.29, 1.82) is 0 Å². The SMILES string of the molecule is COc1cc(C(=O)OCC(=O)N2CC3(C)CC2CC(C)(C)C3)cc(OC)c1OC. The Kier molecular flexibility index (Phi) is 5.70. The van der Waals surface area contributed by atoms with Gasteiger partial charge in [-0.25, -0.2) is 4.79 Å². The molecule has 1 heterocycles. The zero-order valence-electron chi connectivity index (χ0n) is 18.2. The van der Waals surface area contributed by atoms with Crippen molar-refractivity contribution in [1.82, 2.24) is 4.90 Å². The topological polar surface area (TPSA) is 74.3 Å². The molecule has 0 N–H and O–H groups in total. The summed E-state index contributed by atoms with van der Waals surface area (Å²) in [5.74, 6) is 0.355. The van der Waals surface area contributed by atoms with Crippen LogP contribution in [0.1, 0.15) is 50.4 Å². The van der Waals surface area contributed by atoms with E-state index in [0.29, 0.717) is 17.2 Å². The van der Waals surface area contributed by atoms with E-state index in [1.807, 2.05) is 4.90 Å². The van der Waals surface area contributed by atoms with Gasteiger partial charge in [-0.2, -0.15) is 0 Å². The molecule has 1 aromatic rings. The van der Waals surface area contributed by atoms with Gasteiger partial charge < -0.3 is 23.8 Å². The fourth-order valence-corrected chi connectivity index (χ4v) is 5.24. The number of hydrogen-bond acceptors (Lipinski definition) is 6. The van der Waals surface area contributed by atoms with Gasteiger partial charge in [-0.1, -0.05) is 20.8 Å². The Bertz CT molecular complexity index is 779. The first-order valence-electron chi connectivity index (χ1n) is 9.88. The summed E-state index contributed by atoms with van der Waals surface area (Å²) in [4.78, 5) is 27.3. The van der Waals surface area contributed by atoms with E-state index in [-0.39, 0.29) is 34.9 Å². The third-order valence-corrected chi connectivity index (χ3v) is 5.96. The van der Waals surface area contributed by atoms with E-state index in [4.69, 9.17) is 18.9 Å². The van der Waals surface area contributed by atoms with Gasteiger partial charge in [0, 0.05) is 12.6 Å². The number of rotatable bonds is 6. The Hall–Kier alpha value is -2.44. The summed E-state index contributed by atoms with van der Waals surface area (Å²) in [5.41, 5.74) is 0.600. The lowest BCUT2D eigenvalue weighted by Crippen LogP contribution is -2.39. The van der Waals surface area contributed by atoms with Crippen molar-refractivity contribution in [2.75, 3.05) is 34.5 Å². The molecule has 3 rings (SSSR count). The number of esters is 1. The average molecular weight is 405 g/mol. The summed E-state index contributed by atoms with van der Waals surface area (Å²) in [5, 5.41) is 0. The maximum Gasteiger partial charge on any atom is 0.338 e. The molecule has 160 valence electrons. The van der Waals surface area contributed by atoms with Gasteiger partial charge in [0.15, 0.2) is 18.1 Å². The van der Waals surface area contributed by atoms with Crippen molar-refractivity contribution in [2.45, 2.75) is 46.1 Å². The number of likely N-dealkylation sites (tertiary alicyclic amines) is 1.